The predicted molar refractivity (Wildman–Crippen MR) is 49.0 cm³/mol. The highest BCUT2D eigenvalue weighted by molar-refractivity contribution is 5.78. The number of carbonyl (C=O) groups excluding carboxylic acids is 1. The van der Waals surface area contributed by atoms with E-state index in [2.05, 4.69) is 5.32 Å². The first-order valence-corrected chi connectivity index (χ1v) is 5.01. The normalized spacial score (nSPS) is 20.3. The molecule has 1 rings (SSSR count). The Morgan fingerprint density at radius 3 is 2.40 bits per heavy atom. The van der Waals surface area contributed by atoms with Crippen LogP contribution in [0.25, 0.3) is 0 Å². The Labute approximate surface area is 86.2 Å². The van der Waals surface area contributed by atoms with Crippen molar-refractivity contribution in [1.29, 1.82) is 0 Å². The molecule has 0 heterocycles. The SMILES string of the molecule is NC(CNC(=O)C1CCCC1)C(F)(F)F. The average molecular weight is 224 g/mol. The van der Waals surface area contributed by atoms with Crippen molar-refractivity contribution in [1.82, 2.24) is 5.32 Å². The number of amides is 1. The van der Waals surface area contributed by atoms with E-state index in [4.69, 9.17) is 5.73 Å². The van der Waals surface area contributed by atoms with Crippen LogP contribution in [-0.2, 0) is 4.79 Å². The molecule has 1 saturated carbocycles. The number of carbonyl (C=O) groups is 1. The van der Waals surface area contributed by atoms with Crippen LogP contribution in [0.4, 0.5) is 13.2 Å². The van der Waals surface area contributed by atoms with Gasteiger partial charge in [0.05, 0.1) is 0 Å². The van der Waals surface area contributed by atoms with Crippen molar-refractivity contribution in [2.75, 3.05) is 6.54 Å². The maximum Gasteiger partial charge on any atom is 0.405 e. The summed E-state index contributed by atoms with van der Waals surface area (Å²) in [4.78, 5) is 11.3. The highest BCUT2D eigenvalue weighted by Gasteiger charge is 2.37. The van der Waals surface area contributed by atoms with Crippen molar-refractivity contribution in [3.8, 4) is 0 Å². The molecule has 3 N–H and O–H groups in total. The Hall–Kier alpha value is -0.780. The van der Waals surface area contributed by atoms with Crippen LogP contribution in [-0.4, -0.2) is 24.7 Å². The topological polar surface area (TPSA) is 55.1 Å². The molecule has 0 radical (unpaired) electrons. The van der Waals surface area contributed by atoms with E-state index >= 15 is 0 Å². The van der Waals surface area contributed by atoms with Crippen LogP contribution in [0.1, 0.15) is 25.7 Å². The Kier molecular flexibility index (Phi) is 3.96. The van der Waals surface area contributed by atoms with Crippen LogP contribution in [0.3, 0.4) is 0 Å². The monoisotopic (exact) mass is 224 g/mol. The quantitative estimate of drug-likeness (QED) is 0.756. The van der Waals surface area contributed by atoms with Gasteiger partial charge >= 0.3 is 6.18 Å². The summed E-state index contributed by atoms with van der Waals surface area (Å²) in [5, 5.41) is 2.25. The summed E-state index contributed by atoms with van der Waals surface area (Å²) < 4.78 is 36.0. The highest BCUT2D eigenvalue weighted by Crippen LogP contribution is 2.24. The van der Waals surface area contributed by atoms with Gasteiger partial charge in [0.25, 0.3) is 0 Å². The van der Waals surface area contributed by atoms with E-state index in [-0.39, 0.29) is 11.8 Å². The molecular formula is C9H15F3N2O. The molecular weight excluding hydrogens is 209 g/mol. The maximum absolute atomic E-state index is 12.0. The number of halogens is 3. The van der Waals surface area contributed by atoms with Crippen molar-refractivity contribution in [2.45, 2.75) is 37.9 Å². The zero-order valence-corrected chi connectivity index (χ0v) is 8.31. The Balaban J connectivity index is 2.27. The molecule has 1 aliphatic rings. The van der Waals surface area contributed by atoms with Crippen LogP contribution < -0.4 is 11.1 Å². The third kappa shape index (κ3) is 3.70. The predicted octanol–water partition coefficient (Wildman–Crippen LogP) is 1.18. The molecule has 1 unspecified atom stereocenters. The number of hydrogen-bond donors (Lipinski definition) is 2. The summed E-state index contributed by atoms with van der Waals surface area (Å²) in [6.45, 7) is -0.529. The van der Waals surface area contributed by atoms with Crippen molar-refractivity contribution in [3.05, 3.63) is 0 Å². The van der Waals surface area contributed by atoms with E-state index in [9.17, 15) is 18.0 Å². The lowest BCUT2D eigenvalue weighted by atomic mass is 10.1. The second-order valence-electron chi connectivity index (χ2n) is 3.87. The molecule has 0 aliphatic heterocycles. The largest absolute Gasteiger partial charge is 0.405 e. The summed E-state index contributed by atoms with van der Waals surface area (Å²) in [5.74, 6) is -0.419. The third-order valence-corrected chi connectivity index (χ3v) is 2.64. The Morgan fingerprint density at radius 2 is 1.93 bits per heavy atom. The van der Waals surface area contributed by atoms with E-state index in [1.54, 1.807) is 0 Å². The lowest BCUT2D eigenvalue weighted by Crippen LogP contribution is -2.47. The first-order valence-electron chi connectivity index (χ1n) is 5.01. The van der Waals surface area contributed by atoms with Gasteiger partial charge in [0, 0.05) is 12.5 Å². The summed E-state index contributed by atoms with van der Waals surface area (Å²) >= 11 is 0. The molecule has 3 nitrogen and oxygen atoms in total. The maximum atomic E-state index is 12.0. The van der Waals surface area contributed by atoms with Crippen LogP contribution in [0, 0.1) is 5.92 Å². The molecule has 6 heteroatoms. The van der Waals surface area contributed by atoms with Gasteiger partial charge in [-0.2, -0.15) is 13.2 Å². The van der Waals surface area contributed by atoms with Crippen LogP contribution in [0.15, 0.2) is 0 Å². The molecule has 0 aromatic carbocycles. The van der Waals surface area contributed by atoms with E-state index in [1.165, 1.54) is 0 Å². The second kappa shape index (κ2) is 4.83. The van der Waals surface area contributed by atoms with E-state index in [0.29, 0.717) is 0 Å². The fraction of sp³-hybridized carbons (Fsp3) is 0.889. The van der Waals surface area contributed by atoms with Crippen LogP contribution in [0.5, 0.6) is 0 Å². The van der Waals surface area contributed by atoms with Crippen molar-refractivity contribution in [3.63, 3.8) is 0 Å². The third-order valence-electron chi connectivity index (χ3n) is 2.64. The van der Waals surface area contributed by atoms with Crippen molar-refractivity contribution < 1.29 is 18.0 Å². The van der Waals surface area contributed by atoms with Gasteiger partial charge in [-0.3, -0.25) is 4.79 Å². The molecule has 0 saturated heterocycles. The summed E-state index contributed by atoms with van der Waals surface area (Å²) in [7, 11) is 0. The number of nitrogens with two attached hydrogens (primary N) is 1. The van der Waals surface area contributed by atoms with Gasteiger partial charge < -0.3 is 11.1 Å². The molecule has 0 spiro atoms. The fourth-order valence-corrected chi connectivity index (χ4v) is 1.66. The van der Waals surface area contributed by atoms with Gasteiger partial charge in [0.15, 0.2) is 0 Å². The molecule has 1 atom stereocenters. The van der Waals surface area contributed by atoms with E-state index in [0.717, 1.165) is 25.7 Å². The van der Waals surface area contributed by atoms with E-state index in [1.807, 2.05) is 0 Å². The molecule has 1 amide bonds. The Morgan fingerprint density at radius 1 is 1.40 bits per heavy atom. The lowest BCUT2D eigenvalue weighted by molar-refractivity contribution is -0.148. The van der Waals surface area contributed by atoms with Gasteiger partial charge in [0.2, 0.25) is 5.91 Å². The standard InChI is InChI=1S/C9H15F3N2O/c10-9(11,12)7(13)5-14-8(15)6-3-1-2-4-6/h6-7H,1-5,13H2,(H,14,15). The first kappa shape index (κ1) is 12.3. The zero-order valence-electron chi connectivity index (χ0n) is 8.31. The summed E-state index contributed by atoms with van der Waals surface area (Å²) in [6.07, 6.45) is -0.948. The minimum Gasteiger partial charge on any atom is -0.354 e. The lowest BCUT2D eigenvalue weighted by Gasteiger charge is -2.17. The fourth-order valence-electron chi connectivity index (χ4n) is 1.66. The second-order valence-corrected chi connectivity index (χ2v) is 3.87. The molecule has 88 valence electrons. The van der Waals surface area contributed by atoms with Crippen LogP contribution in [0.2, 0.25) is 0 Å². The average Bonchev–Trinajstić information content (AvgIpc) is 2.64. The van der Waals surface area contributed by atoms with Gasteiger partial charge in [0.1, 0.15) is 6.04 Å². The van der Waals surface area contributed by atoms with Gasteiger partial charge in [-0.05, 0) is 12.8 Å². The van der Waals surface area contributed by atoms with Crippen molar-refractivity contribution in [2.24, 2.45) is 11.7 Å². The number of rotatable bonds is 3. The highest BCUT2D eigenvalue weighted by atomic mass is 19.4. The number of nitrogens with one attached hydrogen (secondary N) is 1. The summed E-state index contributed by atoms with van der Waals surface area (Å²) in [5.41, 5.74) is 4.86. The van der Waals surface area contributed by atoms with E-state index < -0.39 is 18.8 Å². The molecule has 0 aromatic rings. The molecule has 1 aliphatic carbocycles. The Bertz CT molecular complexity index is 224. The summed E-state index contributed by atoms with van der Waals surface area (Å²) in [6, 6.07) is -1.97. The smallest absolute Gasteiger partial charge is 0.354 e. The minimum absolute atomic E-state index is 0.120. The zero-order chi connectivity index (χ0) is 11.5. The van der Waals surface area contributed by atoms with Gasteiger partial charge in [-0.15, -0.1) is 0 Å². The van der Waals surface area contributed by atoms with Crippen molar-refractivity contribution >= 4 is 5.91 Å². The molecule has 1 fully saturated rings. The van der Waals surface area contributed by atoms with Gasteiger partial charge in [-0.1, -0.05) is 12.8 Å². The number of hydrogen-bond acceptors (Lipinski definition) is 2. The molecule has 0 aromatic heterocycles. The first-order chi connectivity index (χ1) is 6.91. The van der Waals surface area contributed by atoms with Crippen LogP contribution >= 0.6 is 0 Å². The molecule has 0 bridgehead atoms. The minimum atomic E-state index is -4.44. The number of alkyl halides is 3. The molecule has 15 heavy (non-hydrogen) atoms. The van der Waals surface area contributed by atoms with Gasteiger partial charge in [-0.25, -0.2) is 0 Å².